The zero-order valence-corrected chi connectivity index (χ0v) is 21.0. The molecule has 36 heavy (non-hydrogen) atoms. The highest BCUT2D eigenvalue weighted by atomic mass is 16.2. The third kappa shape index (κ3) is 4.91. The molecule has 2 fully saturated rings. The summed E-state index contributed by atoms with van der Waals surface area (Å²) in [5.41, 5.74) is 3.67. The van der Waals surface area contributed by atoms with Crippen molar-refractivity contribution in [3.05, 3.63) is 69.6 Å². The number of carbonyl (C=O) groups is 2. The Hall–Kier alpha value is -3.52. The lowest BCUT2D eigenvalue weighted by Crippen LogP contribution is -2.35. The molecule has 2 amide bonds. The lowest BCUT2D eigenvalue weighted by Gasteiger charge is -2.18. The van der Waals surface area contributed by atoms with Crippen LogP contribution in [0.3, 0.4) is 0 Å². The topological polar surface area (TPSA) is 87.5 Å². The third-order valence-electron chi connectivity index (χ3n) is 7.50. The van der Waals surface area contributed by atoms with Crippen LogP contribution in [0.1, 0.15) is 36.1 Å². The Balaban J connectivity index is 1.30. The Morgan fingerprint density at radius 1 is 1.00 bits per heavy atom. The van der Waals surface area contributed by atoms with E-state index in [1.54, 1.807) is 4.90 Å². The highest BCUT2D eigenvalue weighted by Gasteiger charge is 2.35. The molecule has 1 unspecified atom stereocenters. The Morgan fingerprint density at radius 2 is 1.75 bits per heavy atom. The number of nitrogens with one attached hydrogen (secondary N) is 1. The maximum atomic E-state index is 13.1. The van der Waals surface area contributed by atoms with Crippen molar-refractivity contribution in [2.45, 2.75) is 46.2 Å². The van der Waals surface area contributed by atoms with Crippen molar-refractivity contribution in [1.82, 2.24) is 20.0 Å². The van der Waals surface area contributed by atoms with Crippen molar-refractivity contribution >= 4 is 28.3 Å². The smallest absolute Gasteiger partial charge is 0.274 e. The van der Waals surface area contributed by atoms with Gasteiger partial charge < -0.3 is 15.1 Å². The number of anilines is 1. The molecule has 0 aliphatic carbocycles. The fourth-order valence-corrected chi connectivity index (χ4v) is 5.17. The molecule has 1 N–H and O–H groups in total. The monoisotopic (exact) mass is 487 g/mol. The average Bonchev–Trinajstić information content (AvgIpc) is 3.54. The quantitative estimate of drug-likeness (QED) is 0.554. The van der Waals surface area contributed by atoms with Crippen molar-refractivity contribution in [1.29, 1.82) is 0 Å². The van der Waals surface area contributed by atoms with Crippen LogP contribution in [0, 0.1) is 19.8 Å². The van der Waals surface area contributed by atoms with Crippen LogP contribution in [-0.2, 0) is 22.7 Å². The maximum Gasteiger partial charge on any atom is 0.274 e. The summed E-state index contributed by atoms with van der Waals surface area (Å²) in [4.78, 5) is 42.8. The molecule has 2 aliphatic heterocycles. The number of fused-ring (bicyclic) bond motifs is 1. The second kappa shape index (κ2) is 10.2. The first-order chi connectivity index (χ1) is 17.4. The number of benzene rings is 2. The van der Waals surface area contributed by atoms with Gasteiger partial charge in [-0.25, -0.2) is 4.68 Å². The molecular formula is C28H33N5O3. The van der Waals surface area contributed by atoms with E-state index in [2.05, 4.69) is 15.3 Å². The van der Waals surface area contributed by atoms with Crippen molar-refractivity contribution in [3.8, 4) is 0 Å². The van der Waals surface area contributed by atoms with E-state index >= 15 is 0 Å². The second-order valence-corrected chi connectivity index (χ2v) is 9.96. The van der Waals surface area contributed by atoms with E-state index in [4.69, 9.17) is 0 Å². The summed E-state index contributed by atoms with van der Waals surface area (Å²) in [6.07, 6.45) is 2.58. The first-order valence-corrected chi connectivity index (χ1v) is 12.8. The number of likely N-dealkylation sites (tertiary alicyclic amines) is 1. The van der Waals surface area contributed by atoms with Gasteiger partial charge in [-0.1, -0.05) is 24.3 Å². The molecule has 2 aromatic carbocycles. The standard InChI is InChI=1S/C28H33N5O3/c1-19-9-10-22(15-20(19)2)32-18-21(16-26(32)34)27(35)29-17-25-23-7-3-4-8-24(23)28(36)33(30-25)14-13-31-11-5-6-12-31/h3-4,7-10,15,21H,5-6,11-14,16-18H2,1-2H3,(H,29,35). The van der Waals surface area contributed by atoms with Crippen molar-refractivity contribution < 1.29 is 9.59 Å². The number of hydrogen-bond donors (Lipinski definition) is 1. The average molecular weight is 488 g/mol. The van der Waals surface area contributed by atoms with Crippen LogP contribution in [0.2, 0.25) is 0 Å². The van der Waals surface area contributed by atoms with Crippen LogP contribution >= 0.6 is 0 Å². The molecule has 3 aromatic rings. The molecule has 5 rings (SSSR count). The van der Waals surface area contributed by atoms with E-state index in [9.17, 15) is 14.4 Å². The second-order valence-electron chi connectivity index (χ2n) is 9.96. The Morgan fingerprint density at radius 3 is 2.50 bits per heavy atom. The van der Waals surface area contributed by atoms with Crippen molar-refractivity contribution in [3.63, 3.8) is 0 Å². The van der Waals surface area contributed by atoms with Gasteiger partial charge >= 0.3 is 0 Å². The minimum Gasteiger partial charge on any atom is -0.350 e. The lowest BCUT2D eigenvalue weighted by molar-refractivity contribution is -0.126. The molecular weight excluding hydrogens is 454 g/mol. The molecule has 2 aliphatic rings. The minimum absolute atomic E-state index is 0.0440. The normalized spacial score (nSPS) is 18.3. The minimum atomic E-state index is -0.425. The number of rotatable bonds is 7. The van der Waals surface area contributed by atoms with Crippen molar-refractivity contribution in [2.75, 3.05) is 31.1 Å². The van der Waals surface area contributed by atoms with E-state index in [1.807, 2.05) is 56.3 Å². The molecule has 188 valence electrons. The number of aryl methyl sites for hydroxylation is 2. The van der Waals surface area contributed by atoms with E-state index in [0.29, 0.717) is 24.2 Å². The molecule has 3 heterocycles. The predicted molar refractivity (Wildman–Crippen MR) is 140 cm³/mol. The number of amides is 2. The molecule has 0 saturated carbocycles. The molecule has 0 bridgehead atoms. The summed E-state index contributed by atoms with van der Waals surface area (Å²) in [5, 5.41) is 8.98. The van der Waals surface area contributed by atoms with Gasteiger partial charge in [-0.05, 0) is 69.1 Å². The van der Waals surface area contributed by atoms with Gasteiger partial charge in [0.2, 0.25) is 11.8 Å². The predicted octanol–water partition coefficient (Wildman–Crippen LogP) is 2.78. The zero-order chi connectivity index (χ0) is 25.2. The Bertz CT molecular complexity index is 1360. The fraction of sp³-hybridized carbons (Fsp3) is 0.429. The van der Waals surface area contributed by atoms with E-state index < -0.39 is 5.92 Å². The summed E-state index contributed by atoms with van der Waals surface area (Å²) in [6, 6.07) is 13.3. The number of aromatic nitrogens is 2. The van der Waals surface area contributed by atoms with E-state index in [1.165, 1.54) is 23.1 Å². The van der Waals surface area contributed by atoms with Gasteiger partial charge in [0, 0.05) is 30.6 Å². The molecule has 1 aromatic heterocycles. The summed E-state index contributed by atoms with van der Waals surface area (Å²) in [5.74, 6) is -0.640. The lowest BCUT2D eigenvalue weighted by atomic mass is 10.1. The zero-order valence-electron chi connectivity index (χ0n) is 21.0. The third-order valence-corrected chi connectivity index (χ3v) is 7.50. The van der Waals surface area contributed by atoms with Crippen LogP contribution in [0.4, 0.5) is 5.69 Å². The summed E-state index contributed by atoms with van der Waals surface area (Å²) < 4.78 is 1.53. The van der Waals surface area contributed by atoms with Crippen LogP contribution in [0.5, 0.6) is 0 Å². The maximum absolute atomic E-state index is 13.1. The molecule has 0 spiro atoms. The largest absolute Gasteiger partial charge is 0.350 e. The Labute approximate surface area is 210 Å². The van der Waals surface area contributed by atoms with Gasteiger partial charge in [-0.2, -0.15) is 5.10 Å². The summed E-state index contributed by atoms with van der Waals surface area (Å²) >= 11 is 0. The highest BCUT2D eigenvalue weighted by Crippen LogP contribution is 2.27. The van der Waals surface area contributed by atoms with Crippen LogP contribution < -0.4 is 15.8 Å². The van der Waals surface area contributed by atoms with Crippen LogP contribution in [0.25, 0.3) is 10.8 Å². The van der Waals surface area contributed by atoms with Crippen LogP contribution in [0.15, 0.2) is 47.3 Å². The van der Waals surface area contributed by atoms with Gasteiger partial charge in [-0.3, -0.25) is 14.4 Å². The first kappa shape index (κ1) is 24.2. The molecule has 2 saturated heterocycles. The molecule has 0 radical (unpaired) electrons. The van der Waals surface area contributed by atoms with Crippen LogP contribution in [-0.4, -0.2) is 52.7 Å². The fourth-order valence-electron chi connectivity index (χ4n) is 5.17. The van der Waals surface area contributed by atoms with Gasteiger partial charge in [-0.15, -0.1) is 0 Å². The summed E-state index contributed by atoms with van der Waals surface area (Å²) in [7, 11) is 0. The highest BCUT2D eigenvalue weighted by molar-refractivity contribution is 6.00. The molecule has 1 atom stereocenters. The van der Waals surface area contributed by atoms with E-state index in [-0.39, 0.29) is 30.3 Å². The number of hydrogen-bond acceptors (Lipinski definition) is 5. The molecule has 8 nitrogen and oxygen atoms in total. The SMILES string of the molecule is Cc1ccc(N2CC(C(=O)NCc3nn(CCN4CCCC4)c(=O)c4ccccc34)CC2=O)cc1C. The summed E-state index contributed by atoms with van der Waals surface area (Å²) in [6.45, 7) is 8.05. The van der Waals surface area contributed by atoms with Gasteiger partial charge in [0.25, 0.3) is 5.56 Å². The Kier molecular flexibility index (Phi) is 6.87. The van der Waals surface area contributed by atoms with Crippen molar-refractivity contribution in [2.24, 2.45) is 5.92 Å². The van der Waals surface area contributed by atoms with Gasteiger partial charge in [0.05, 0.1) is 30.1 Å². The first-order valence-electron chi connectivity index (χ1n) is 12.8. The van der Waals surface area contributed by atoms with Gasteiger partial charge in [0.15, 0.2) is 0 Å². The van der Waals surface area contributed by atoms with E-state index in [0.717, 1.165) is 36.3 Å². The number of nitrogens with zero attached hydrogens (tertiary/aromatic N) is 4. The molecule has 8 heteroatoms. The van der Waals surface area contributed by atoms with Gasteiger partial charge in [0.1, 0.15) is 0 Å². The number of carbonyl (C=O) groups excluding carboxylic acids is 2.